The summed E-state index contributed by atoms with van der Waals surface area (Å²) >= 11 is 0. The van der Waals surface area contributed by atoms with Gasteiger partial charge >= 0.3 is 0 Å². The molecule has 0 spiro atoms. The van der Waals surface area contributed by atoms with Crippen LogP contribution in [0.4, 0.5) is 26.2 Å². The first-order valence-corrected chi connectivity index (χ1v) is 9.61. The molecular formula is C17H16F2N6O2S. The van der Waals surface area contributed by atoms with Crippen molar-refractivity contribution in [3.05, 3.63) is 66.6 Å². The molecule has 3 rings (SSSR count). The molecule has 0 aliphatic rings. The molecule has 0 bridgehead atoms. The molecule has 3 N–H and O–H groups in total. The Morgan fingerprint density at radius 3 is 2.43 bits per heavy atom. The van der Waals surface area contributed by atoms with Gasteiger partial charge in [0.25, 0.3) is 0 Å². The molecule has 0 aliphatic heterocycles. The van der Waals surface area contributed by atoms with E-state index in [0.717, 1.165) is 12.1 Å². The minimum atomic E-state index is -3.95. The fourth-order valence-corrected chi connectivity index (χ4v) is 3.24. The molecule has 2 aromatic heterocycles. The topological polar surface area (TPSA) is 109 Å². The van der Waals surface area contributed by atoms with Crippen LogP contribution in [-0.2, 0) is 10.0 Å². The zero-order valence-electron chi connectivity index (χ0n) is 14.4. The average molecular weight is 406 g/mol. The molecule has 1 aromatic carbocycles. The fraction of sp³-hybridized carbons (Fsp3) is 0.118. The Morgan fingerprint density at radius 1 is 0.857 bits per heavy atom. The number of hydrogen-bond acceptors (Lipinski definition) is 7. The van der Waals surface area contributed by atoms with Crippen molar-refractivity contribution in [2.45, 2.75) is 4.90 Å². The van der Waals surface area contributed by atoms with Gasteiger partial charge in [0.1, 0.15) is 23.8 Å². The van der Waals surface area contributed by atoms with Crippen LogP contribution < -0.4 is 15.4 Å². The molecule has 0 saturated carbocycles. The number of sulfonamides is 1. The van der Waals surface area contributed by atoms with Crippen LogP contribution in [-0.4, -0.2) is 36.5 Å². The standard InChI is InChI=1S/C17H16F2N6O2S/c18-13-5-4-12(9-14(13)19)28(26,27)24-8-7-21-16-10-17(23-11-22-16)25-15-3-1-2-6-20-15/h1-6,9-11,24H,7-8H2,(H2,20,21,22,23,25). The van der Waals surface area contributed by atoms with E-state index < -0.39 is 21.7 Å². The summed E-state index contributed by atoms with van der Waals surface area (Å²) in [4.78, 5) is 11.9. The van der Waals surface area contributed by atoms with E-state index in [-0.39, 0.29) is 18.0 Å². The van der Waals surface area contributed by atoms with Crippen molar-refractivity contribution in [3.63, 3.8) is 0 Å². The van der Waals surface area contributed by atoms with Gasteiger partial charge in [0, 0.05) is 25.4 Å². The van der Waals surface area contributed by atoms with Crippen LogP contribution in [0.3, 0.4) is 0 Å². The third-order valence-electron chi connectivity index (χ3n) is 3.51. The largest absolute Gasteiger partial charge is 0.369 e. The second-order valence-corrected chi connectivity index (χ2v) is 7.30. The molecule has 28 heavy (non-hydrogen) atoms. The number of nitrogens with zero attached hydrogens (tertiary/aromatic N) is 3. The Bertz CT molecular complexity index is 1050. The lowest BCUT2D eigenvalue weighted by molar-refractivity contribution is 0.504. The first-order chi connectivity index (χ1) is 13.4. The summed E-state index contributed by atoms with van der Waals surface area (Å²) in [5, 5.41) is 5.95. The van der Waals surface area contributed by atoms with Gasteiger partial charge in [-0.25, -0.2) is 36.9 Å². The molecule has 11 heteroatoms. The number of pyridine rings is 1. The average Bonchev–Trinajstić information content (AvgIpc) is 2.68. The number of benzene rings is 1. The van der Waals surface area contributed by atoms with Gasteiger partial charge in [-0.2, -0.15) is 0 Å². The molecule has 3 aromatic rings. The van der Waals surface area contributed by atoms with E-state index in [1.165, 1.54) is 6.33 Å². The summed E-state index contributed by atoms with van der Waals surface area (Å²) in [5.74, 6) is -0.736. The summed E-state index contributed by atoms with van der Waals surface area (Å²) in [6.45, 7) is 0.220. The van der Waals surface area contributed by atoms with Gasteiger partial charge in [0.2, 0.25) is 10.0 Å². The number of rotatable bonds is 8. The van der Waals surface area contributed by atoms with Crippen LogP contribution in [0.2, 0.25) is 0 Å². The van der Waals surface area contributed by atoms with Crippen LogP contribution in [0.5, 0.6) is 0 Å². The zero-order chi connectivity index (χ0) is 20.0. The monoisotopic (exact) mass is 406 g/mol. The van der Waals surface area contributed by atoms with Gasteiger partial charge in [-0.3, -0.25) is 0 Å². The van der Waals surface area contributed by atoms with Crippen molar-refractivity contribution in [3.8, 4) is 0 Å². The number of halogens is 2. The molecule has 2 heterocycles. The molecule has 0 saturated heterocycles. The third kappa shape index (κ3) is 5.18. The molecule has 0 radical (unpaired) electrons. The molecule has 0 atom stereocenters. The smallest absolute Gasteiger partial charge is 0.240 e. The maximum atomic E-state index is 13.2. The van der Waals surface area contributed by atoms with Crippen LogP contribution in [0.25, 0.3) is 0 Å². The van der Waals surface area contributed by atoms with E-state index in [1.54, 1.807) is 24.4 Å². The SMILES string of the molecule is O=S(=O)(NCCNc1cc(Nc2ccccn2)ncn1)c1ccc(F)c(F)c1. The fourth-order valence-electron chi connectivity index (χ4n) is 2.19. The maximum absolute atomic E-state index is 13.2. The highest BCUT2D eigenvalue weighted by atomic mass is 32.2. The predicted molar refractivity (Wildman–Crippen MR) is 99.6 cm³/mol. The Labute approximate surface area is 160 Å². The number of anilines is 3. The minimum Gasteiger partial charge on any atom is -0.369 e. The molecule has 0 aliphatic carbocycles. The van der Waals surface area contributed by atoms with Gasteiger partial charge in [0.05, 0.1) is 4.90 Å². The third-order valence-corrected chi connectivity index (χ3v) is 4.97. The number of nitrogens with one attached hydrogen (secondary N) is 3. The van der Waals surface area contributed by atoms with Gasteiger partial charge in [-0.15, -0.1) is 0 Å². The Morgan fingerprint density at radius 2 is 1.68 bits per heavy atom. The first-order valence-electron chi connectivity index (χ1n) is 8.13. The molecule has 0 unspecified atom stereocenters. The van der Waals surface area contributed by atoms with E-state index in [2.05, 4.69) is 30.3 Å². The van der Waals surface area contributed by atoms with Crippen molar-refractivity contribution in [2.75, 3.05) is 23.7 Å². The van der Waals surface area contributed by atoms with E-state index in [0.29, 0.717) is 23.5 Å². The summed E-state index contributed by atoms with van der Waals surface area (Å²) in [7, 11) is -3.95. The van der Waals surface area contributed by atoms with E-state index in [4.69, 9.17) is 0 Å². The van der Waals surface area contributed by atoms with Crippen LogP contribution >= 0.6 is 0 Å². The maximum Gasteiger partial charge on any atom is 0.240 e. The molecule has 0 amide bonds. The van der Waals surface area contributed by atoms with Gasteiger partial charge in [0.15, 0.2) is 11.6 Å². The van der Waals surface area contributed by atoms with E-state index >= 15 is 0 Å². The summed E-state index contributed by atoms with van der Waals surface area (Å²) in [5.41, 5.74) is 0. The van der Waals surface area contributed by atoms with Crippen LogP contribution in [0, 0.1) is 11.6 Å². The quantitative estimate of drug-likeness (QED) is 0.493. The molecule has 8 nitrogen and oxygen atoms in total. The summed E-state index contributed by atoms with van der Waals surface area (Å²) in [6, 6.07) is 9.42. The lowest BCUT2D eigenvalue weighted by Crippen LogP contribution is -2.29. The van der Waals surface area contributed by atoms with Crippen molar-refractivity contribution in [1.82, 2.24) is 19.7 Å². The minimum absolute atomic E-state index is 0.00827. The van der Waals surface area contributed by atoms with Gasteiger partial charge in [-0.1, -0.05) is 6.07 Å². The first kappa shape index (κ1) is 19.6. The van der Waals surface area contributed by atoms with Gasteiger partial charge in [-0.05, 0) is 30.3 Å². The second kappa shape index (κ2) is 8.67. The van der Waals surface area contributed by atoms with Crippen LogP contribution in [0.1, 0.15) is 0 Å². The normalized spacial score (nSPS) is 11.2. The van der Waals surface area contributed by atoms with E-state index in [9.17, 15) is 17.2 Å². The molecule has 146 valence electrons. The van der Waals surface area contributed by atoms with Crippen molar-refractivity contribution in [2.24, 2.45) is 0 Å². The number of hydrogen-bond donors (Lipinski definition) is 3. The summed E-state index contributed by atoms with van der Waals surface area (Å²) in [6.07, 6.45) is 2.99. The van der Waals surface area contributed by atoms with Crippen molar-refractivity contribution < 1.29 is 17.2 Å². The Kier molecular flexibility index (Phi) is 6.06. The highest BCUT2D eigenvalue weighted by Crippen LogP contribution is 2.14. The van der Waals surface area contributed by atoms with Crippen LogP contribution in [0.15, 0.2) is 59.9 Å². The highest BCUT2D eigenvalue weighted by Gasteiger charge is 2.15. The highest BCUT2D eigenvalue weighted by molar-refractivity contribution is 7.89. The Hall–Kier alpha value is -3.18. The predicted octanol–water partition coefficient (Wildman–Crippen LogP) is 2.28. The Balaban J connectivity index is 1.53. The van der Waals surface area contributed by atoms with E-state index in [1.807, 2.05) is 6.07 Å². The van der Waals surface area contributed by atoms with Gasteiger partial charge < -0.3 is 10.6 Å². The van der Waals surface area contributed by atoms with Crippen molar-refractivity contribution >= 4 is 27.5 Å². The zero-order valence-corrected chi connectivity index (χ0v) is 15.2. The molecular weight excluding hydrogens is 390 g/mol. The summed E-state index contributed by atoms with van der Waals surface area (Å²) < 4.78 is 52.6. The molecule has 0 fully saturated rings. The van der Waals surface area contributed by atoms with Crippen molar-refractivity contribution in [1.29, 1.82) is 0 Å². The second-order valence-electron chi connectivity index (χ2n) is 5.53. The lowest BCUT2D eigenvalue weighted by Gasteiger charge is -2.10. The lowest BCUT2D eigenvalue weighted by atomic mass is 10.3. The number of aromatic nitrogens is 3.